The van der Waals surface area contributed by atoms with E-state index in [-0.39, 0.29) is 23.5 Å². The second-order valence-electron chi connectivity index (χ2n) is 4.05. The van der Waals surface area contributed by atoms with Crippen molar-refractivity contribution < 1.29 is 8.42 Å². The summed E-state index contributed by atoms with van der Waals surface area (Å²) < 4.78 is 27.4. The van der Waals surface area contributed by atoms with Crippen molar-refractivity contribution in [3.05, 3.63) is 12.3 Å². The standard InChI is InChI=1S/C9H18N4O2S/c1-7(2)8(10)6-12-16(14,15)9-4-5-11-13(9)3/h4-5,7-8,12H,6,10H2,1-3H3. The van der Waals surface area contributed by atoms with E-state index < -0.39 is 10.0 Å². The third-order valence-corrected chi connectivity index (χ3v) is 3.91. The number of sulfonamides is 1. The summed E-state index contributed by atoms with van der Waals surface area (Å²) in [7, 11) is -1.93. The Morgan fingerprint density at radius 3 is 2.62 bits per heavy atom. The highest BCUT2D eigenvalue weighted by molar-refractivity contribution is 7.89. The van der Waals surface area contributed by atoms with Crippen molar-refractivity contribution in [2.45, 2.75) is 24.9 Å². The van der Waals surface area contributed by atoms with Gasteiger partial charge in [-0.2, -0.15) is 5.10 Å². The third-order valence-electron chi connectivity index (χ3n) is 2.42. The van der Waals surface area contributed by atoms with Gasteiger partial charge in [-0.15, -0.1) is 0 Å². The maximum absolute atomic E-state index is 11.8. The van der Waals surface area contributed by atoms with Gasteiger partial charge in [0.05, 0.1) is 6.20 Å². The van der Waals surface area contributed by atoms with E-state index in [0.717, 1.165) is 0 Å². The zero-order valence-electron chi connectivity index (χ0n) is 9.71. The van der Waals surface area contributed by atoms with E-state index in [0.29, 0.717) is 0 Å². The molecule has 0 aliphatic heterocycles. The molecular formula is C9H18N4O2S. The van der Waals surface area contributed by atoms with Crippen molar-refractivity contribution in [3.63, 3.8) is 0 Å². The van der Waals surface area contributed by atoms with Crippen LogP contribution in [-0.4, -0.2) is 30.8 Å². The fourth-order valence-corrected chi connectivity index (χ4v) is 2.34. The van der Waals surface area contributed by atoms with E-state index >= 15 is 0 Å². The molecule has 1 unspecified atom stereocenters. The molecular weight excluding hydrogens is 228 g/mol. The van der Waals surface area contributed by atoms with Gasteiger partial charge in [-0.25, -0.2) is 13.1 Å². The summed E-state index contributed by atoms with van der Waals surface area (Å²) in [5, 5.41) is 3.95. The molecule has 3 N–H and O–H groups in total. The number of nitrogens with one attached hydrogen (secondary N) is 1. The first-order chi connectivity index (χ1) is 7.34. The molecule has 0 spiro atoms. The highest BCUT2D eigenvalue weighted by atomic mass is 32.2. The first-order valence-corrected chi connectivity index (χ1v) is 6.56. The van der Waals surface area contributed by atoms with Crippen LogP contribution in [0.4, 0.5) is 0 Å². The summed E-state index contributed by atoms with van der Waals surface area (Å²) in [6.45, 7) is 4.12. The first kappa shape index (κ1) is 13.1. The molecule has 0 saturated carbocycles. The number of aromatic nitrogens is 2. The quantitative estimate of drug-likeness (QED) is 0.745. The maximum Gasteiger partial charge on any atom is 0.257 e. The molecule has 16 heavy (non-hydrogen) atoms. The van der Waals surface area contributed by atoms with Gasteiger partial charge in [0.15, 0.2) is 5.03 Å². The van der Waals surface area contributed by atoms with Crippen LogP contribution in [0.15, 0.2) is 17.3 Å². The van der Waals surface area contributed by atoms with Crippen molar-refractivity contribution in [2.75, 3.05) is 6.54 Å². The van der Waals surface area contributed by atoms with Crippen LogP contribution in [0, 0.1) is 5.92 Å². The average molecular weight is 246 g/mol. The lowest BCUT2D eigenvalue weighted by atomic mass is 10.1. The molecule has 0 aromatic carbocycles. The Labute approximate surface area is 95.9 Å². The Hall–Kier alpha value is -0.920. The number of nitrogens with two attached hydrogens (primary N) is 1. The molecule has 0 bridgehead atoms. The van der Waals surface area contributed by atoms with Gasteiger partial charge < -0.3 is 5.73 Å². The van der Waals surface area contributed by atoms with Gasteiger partial charge in [0.2, 0.25) is 0 Å². The predicted molar refractivity (Wildman–Crippen MR) is 61.2 cm³/mol. The number of rotatable bonds is 5. The largest absolute Gasteiger partial charge is 0.326 e. The molecule has 1 aromatic heterocycles. The second kappa shape index (κ2) is 4.94. The zero-order chi connectivity index (χ0) is 12.3. The predicted octanol–water partition coefficient (Wildman–Crippen LogP) is -0.318. The molecule has 0 aliphatic rings. The van der Waals surface area contributed by atoms with Gasteiger partial charge in [-0.3, -0.25) is 4.68 Å². The molecule has 1 atom stereocenters. The van der Waals surface area contributed by atoms with Gasteiger partial charge in [0.1, 0.15) is 0 Å². The van der Waals surface area contributed by atoms with E-state index in [9.17, 15) is 8.42 Å². The molecule has 0 aliphatic carbocycles. The number of hydrogen-bond donors (Lipinski definition) is 2. The molecule has 0 fully saturated rings. The van der Waals surface area contributed by atoms with Crippen molar-refractivity contribution in [2.24, 2.45) is 18.7 Å². The van der Waals surface area contributed by atoms with Crippen LogP contribution in [0.2, 0.25) is 0 Å². The minimum Gasteiger partial charge on any atom is -0.326 e. The molecule has 92 valence electrons. The number of aryl methyl sites for hydroxylation is 1. The average Bonchev–Trinajstić information content (AvgIpc) is 2.61. The Kier molecular flexibility index (Phi) is 4.06. The lowest BCUT2D eigenvalue weighted by Gasteiger charge is -2.16. The zero-order valence-corrected chi connectivity index (χ0v) is 10.5. The molecule has 1 heterocycles. The lowest BCUT2D eigenvalue weighted by molar-refractivity contribution is 0.479. The van der Waals surface area contributed by atoms with Crippen LogP contribution in [0.5, 0.6) is 0 Å². The molecule has 6 nitrogen and oxygen atoms in total. The van der Waals surface area contributed by atoms with Crippen molar-refractivity contribution >= 4 is 10.0 Å². The number of nitrogens with zero attached hydrogens (tertiary/aromatic N) is 2. The second-order valence-corrected chi connectivity index (χ2v) is 5.77. The Bertz CT molecular complexity index is 438. The number of hydrogen-bond acceptors (Lipinski definition) is 4. The molecule has 1 aromatic rings. The van der Waals surface area contributed by atoms with E-state index in [2.05, 4.69) is 9.82 Å². The summed E-state index contributed by atoms with van der Waals surface area (Å²) >= 11 is 0. The summed E-state index contributed by atoms with van der Waals surface area (Å²) in [5.74, 6) is 0.231. The Morgan fingerprint density at radius 1 is 1.56 bits per heavy atom. The molecule has 1 rings (SSSR count). The lowest BCUT2D eigenvalue weighted by Crippen LogP contribution is -2.40. The van der Waals surface area contributed by atoms with Gasteiger partial charge >= 0.3 is 0 Å². The van der Waals surface area contributed by atoms with Gasteiger partial charge in [-0.1, -0.05) is 13.8 Å². The minimum absolute atomic E-state index is 0.142. The molecule has 0 saturated heterocycles. The van der Waals surface area contributed by atoms with Gasteiger partial charge in [-0.05, 0) is 12.0 Å². The van der Waals surface area contributed by atoms with Gasteiger partial charge in [0, 0.05) is 19.6 Å². The van der Waals surface area contributed by atoms with E-state index in [1.54, 1.807) is 7.05 Å². The van der Waals surface area contributed by atoms with Crippen LogP contribution in [0.25, 0.3) is 0 Å². The van der Waals surface area contributed by atoms with Crippen molar-refractivity contribution in [3.8, 4) is 0 Å². The fraction of sp³-hybridized carbons (Fsp3) is 0.667. The monoisotopic (exact) mass is 246 g/mol. The topological polar surface area (TPSA) is 90.0 Å². The highest BCUT2D eigenvalue weighted by Gasteiger charge is 2.19. The highest BCUT2D eigenvalue weighted by Crippen LogP contribution is 2.06. The molecule has 7 heteroatoms. The van der Waals surface area contributed by atoms with Crippen LogP contribution < -0.4 is 10.5 Å². The minimum atomic E-state index is -3.51. The first-order valence-electron chi connectivity index (χ1n) is 5.08. The van der Waals surface area contributed by atoms with E-state index in [1.165, 1.54) is 16.9 Å². The summed E-state index contributed by atoms with van der Waals surface area (Å²) in [6.07, 6.45) is 1.44. The summed E-state index contributed by atoms with van der Waals surface area (Å²) in [4.78, 5) is 0. The van der Waals surface area contributed by atoms with E-state index in [1.807, 2.05) is 13.8 Å². The molecule has 0 radical (unpaired) electrons. The Balaban J connectivity index is 2.71. The SMILES string of the molecule is CC(C)C(N)CNS(=O)(=O)c1ccnn1C. The van der Waals surface area contributed by atoms with Crippen molar-refractivity contribution in [1.29, 1.82) is 0 Å². The third kappa shape index (κ3) is 3.03. The van der Waals surface area contributed by atoms with E-state index in [4.69, 9.17) is 5.73 Å². The fourth-order valence-electron chi connectivity index (χ4n) is 1.14. The maximum atomic E-state index is 11.8. The Morgan fingerprint density at radius 2 is 2.19 bits per heavy atom. The molecule has 0 amide bonds. The van der Waals surface area contributed by atoms with Crippen LogP contribution >= 0.6 is 0 Å². The summed E-state index contributed by atoms with van der Waals surface area (Å²) in [6, 6.07) is 1.26. The van der Waals surface area contributed by atoms with Crippen LogP contribution in [0.3, 0.4) is 0 Å². The normalized spacial score (nSPS) is 14.3. The smallest absolute Gasteiger partial charge is 0.257 e. The van der Waals surface area contributed by atoms with Crippen LogP contribution in [0.1, 0.15) is 13.8 Å². The summed E-state index contributed by atoms with van der Waals surface area (Å²) in [5.41, 5.74) is 5.77. The van der Waals surface area contributed by atoms with Gasteiger partial charge in [0.25, 0.3) is 10.0 Å². The van der Waals surface area contributed by atoms with Crippen LogP contribution in [-0.2, 0) is 17.1 Å². The van der Waals surface area contributed by atoms with Crippen molar-refractivity contribution in [1.82, 2.24) is 14.5 Å².